The van der Waals surface area contributed by atoms with Crippen molar-refractivity contribution in [3.63, 3.8) is 0 Å². The monoisotopic (exact) mass is 230 g/mol. The van der Waals surface area contributed by atoms with Crippen LogP contribution in [0.2, 0.25) is 5.02 Å². The molecule has 0 aliphatic carbocycles. The molecule has 0 atom stereocenters. The normalized spacial score (nSPS) is 8.77. The predicted octanol–water partition coefficient (Wildman–Crippen LogP) is 2.01. The molecule has 0 aliphatic heterocycles. The van der Waals surface area contributed by atoms with Crippen molar-refractivity contribution in [1.82, 2.24) is 0 Å². The van der Waals surface area contributed by atoms with E-state index in [0.717, 1.165) is 5.56 Å². The Kier molecular flexibility index (Phi) is 4.22. The van der Waals surface area contributed by atoms with E-state index in [2.05, 4.69) is 27.7 Å². The maximum absolute atomic E-state index is 5.72. The van der Waals surface area contributed by atoms with Gasteiger partial charge in [0.25, 0.3) is 0 Å². The zero-order valence-corrected chi connectivity index (χ0v) is 9.03. The summed E-state index contributed by atoms with van der Waals surface area (Å²) >= 11 is 8.42. The standard InChI is InChI=1S/C10H7ClO.Cr/c1-12-8-2-3-9-4-6-10(11)7-5-9;/h4-7H,1H3;. The number of rotatable bonds is 1. The van der Waals surface area contributed by atoms with Gasteiger partial charge >= 0.3 is 90.6 Å². The van der Waals surface area contributed by atoms with Gasteiger partial charge in [0.05, 0.1) is 0 Å². The first kappa shape index (κ1) is 10.5. The maximum atomic E-state index is 5.72. The van der Waals surface area contributed by atoms with E-state index in [0.29, 0.717) is 9.59 Å². The Morgan fingerprint density at radius 3 is 2.54 bits per heavy atom. The third kappa shape index (κ3) is 3.77. The van der Waals surface area contributed by atoms with Crippen LogP contribution < -0.4 is 0 Å². The molecule has 1 rings (SSSR count). The van der Waals surface area contributed by atoms with E-state index in [9.17, 15) is 0 Å². The summed E-state index contributed by atoms with van der Waals surface area (Å²) in [5.41, 5.74) is 0.911. The molecular weight excluding hydrogens is 224 g/mol. The van der Waals surface area contributed by atoms with Gasteiger partial charge < -0.3 is 0 Å². The number of ether oxygens (including phenoxy) is 1. The van der Waals surface area contributed by atoms with Gasteiger partial charge in [-0.3, -0.25) is 0 Å². The Bertz CT molecular complexity index is 359. The van der Waals surface area contributed by atoms with Crippen molar-refractivity contribution < 1.29 is 20.6 Å². The Hall–Kier alpha value is -0.568. The molecule has 0 bridgehead atoms. The van der Waals surface area contributed by atoms with E-state index < -0.39 is 0 Å². The third-order valence-electron chi connectivity index (χ3n) is 1.34. The van der Waals surface area contributed by atoms with Gasteiger partial charge in [0.1, 0.15) is 0 Å². The van der Waals surface area contributed by atoms with Gasteiger partial charge in [0.2, 0.25) is 0 Å². The Morgan fingerprint density at radius 1 is 1.38 bits per heavy atom. The molecule has 0 saturated carbocycles. The Balaban J connectivity index is 2.78. The third-order valence-corrected chi connectivity index (χ3v) is 2.01. The van der Waals surface area contributed by atoms with Crippen molar-refractivity contribution in [3.05, 3.63) is 34.9 Å². The van der Waals surface area contributed by atoms with Crippen LogP contribution in [0.4, 0.5) is 0 Å². The van der Waals surface area contributed by atoms with Gasteiger partial charge in [-0.05, 0) is 0 Å². The summed E-state index contributed by atoms with van der Waals surface area (Å²) in [7, 11) is 1.57. The first-order valence-electron chi connectivity index (χ1n) is 3.58. The number of methoxy groups -OCH3 is 1. The summed E-state index contributed by atoms with van der Waals surface area (Å²) in [6.45, 7) is 0. The first-order chi connectivity index (χ1) is 6.22. The van der Waals surface area contributed by atoms with Gasteiger partial charge in [-0.2, -0.15) is 0 Å². The van der Waals surface area contributed by atoms with Crippen molar-refractivity contribution in [3.8, 4) is 11.8 Å². The van der Waals surface area contributed by atoms with Crippen LogP contribution in [-0.2, 0) is 20.6 Å². The minimum atomic E-state index is 0.579. The molecule has 0 unspecified atom stereocenters. The number of hydrogen-bond acceptors (Lipinski definition) is 1. The molecule has 1 aromatic rings. The summed E-state index contributed by atoms with van der Waals surface area (Å²) < 4.78 is 5.44. The van der Waals surface area contributed by atoms with Crippen LogP contribution in [0.3, 0.4) is 0 Å². The molecule has 3 heteroatoms. The first-order valence-corrected chi connectivity index (χ1v) is 4.59. The molecule has 1 nitrogen and oxygen atoms in total. The molecule has 0 saturated heterocycles. The number of halogens is 1. The fraction of sp³-hybridized carbons (Fsp3) is 0.100. The topological polar surface area (TPSA) is 9.23 Å². The van der Waals surface area contributed by atoms with Gasteiger partial charge in [-0.25, -0.2) is 0 Å². The number of hydrogen-bond donors (Lipinski definition) is 0. The van der Waals surface area contributed by atoms with Gasteiger partial charge in [-0.15, -0.1) is 0 Å². The minimum absolute atomic E-state index is 0.579. The molecule has 0 amide bonds. The van der Waals surface area contributed by atoms with Gasteiger partial charge in [-0.1, -0.05) is 0 Å². The second kappa shape index (κ2) is 5.22. The zero-order chi connectivity index (χ0) is 9.68. The molecule has 0 radical (unpaired) electrons. The van der Waals surface area contributed by atoms with Gasteiger partial charge in [0, 0.05) is 0 Å². The Morgan fingerprint density at radius 2 is 2.00 bits per heavy atom. The second-order valence-corrected chi connectivity index (χ2v) is 3.26. The van der Waals surface area contributed by atoms with Crippen molar-refractivity contribution in [1.29, 1.82) is 0 Å². The van der Waals surface area contributed by atoms with Crippen LogP contribution in [-0.4, -0.2) is 11.7 Å². The summed E-state index contributed by atoms with van der Waals surface area (Å²) in [4.78, 5) is 0. The van der Waals surface area contributed by atoms with Crippen LogP contribution in [0, 0.1) is 11.8 Å². The summed E-state index contributed by atoms with van der Waals surface area (Å²) in [5, 5.41) is 0.713. The molecule has 0 spiro atoms. The van der Waals surface area contributed by atoms with Crippen molar-refractivity contribution >= 4 is 16.2 Å². The van der Waals surface area contributed by atoms with Crippen molar-refractivity contribution in [2.75, 3.05) is 7.11 Å². The van der Waals surface area contributed by atoms with Crippen LogP contribution in [0.5, 0.6) is 0 Å². The molecule has 0 heterocycles. The molecular formula is C10H7ClCrO. The van der Waals surface area contributed by atoms with E-state index in [1.807, 2.05) is 12.1 Å². The second-order valence-electron chi connectivity index (χ2n) is 2.25. The molecule has 0 aliphatic rings. The molecule has 0 N–H and O–H groups in total. The van der Waals surface area contributed by atoms with Gasteiger partial charge in [0.15, 0.2) is 0 Å². The van der Waals surface area contributed by atoms with E-state index in [1.165, 1.54) is 0 Å². The predicted molar refractivity (Wildman–Crippen MR) is 50.3 cm³/mol. The molecule has 66 valence electrons. The van der Waals surface area contributed by atoms with Crippen LogP contribution in [0.25, 0.3) is 0 Å². The zero-order valence-electron chi connectivity index (χ0n) is 7.00. The molecule has 0 fully saturated rings. The average molecular weight is 231 g/mol. The van der Waals surface area contributed by atoms with E-state index in [1.54, 1.807) is 19.2 Å². The molecule has 1 aromatic carbocycles. The fourth-order valence-corrected chi connectivity index (χ4v) is 0.913. The molecule has 13 heavy (non-hydrogen) atoms. The van der Waals surface area contributed by atoms with Crippen LogP contribution in [0.15, 0.2) is 24.3 Å². The van der Waals surface area contributed by atoms with E-state index in [4.69, 9.17) is 16.3 Å². The van der Waals surface area contributed by atoms with Crippen molar-refractivity contribution in [2.45, 2.75) is 0 Å². The average Bonchev–Trinajstić information content (AvgIpc) is 2.16. The quantitative estimate of drug-likeness (QED) is 0.671. The van der Waals surface area contributed by atoms with Crippen molar-refractivity contribution in [2.24, 2.45) is 0 Å². The summed E-state index contributed by atoms with van der Waals surface area (Å²) in [6, 6.07) is 7.32. The van der Waals surface area contributed by atoms with Crippen LogP contribution in [0.1, 0.15) is 5.56 Å². The summed E-state index contributed by atoms with van der Waals surface area (Å²) in [5.74, 6) is 5.73. The van der Waals surface area contributed by atoms with E-state index in [-0.39, 0.29) is 0 Å². The number of benzene rings is 1. The van der Waals surface area contributed by atoms with Crippen LogP contribution >= 0.6 is 11.6 Å². The molecule has 0 aromatic heterocycles. The SMILES string of the molecule is CO[C](=[Cr])C#Cc1ccc(Cl)cc1. The fourth-order valence-electron chi connectivity index (χ4n) is 0.707. The summed E-state index contributed by atoms with van der Waals surface area (Å²) in [6.07, 6.45) is 0. The van der Waals surface area contributed by atoms with E-state index >= 15 is 0 Å². The Labute approximate surface area is 90.6 Å².